The van der Waals surface area contributed by atoms with E-state index in [1.165, 1.54) is 0 Å². The van der Waals surface area contributed by atoms with Gasteiger partial charge >= 0.3 is 0 Å². The smallest absolute Gasteiger partial charge is 0.240 e. The number of hydrogen-bond acceptors (Lipinski definition) is 3. The van der Waals surface area contributed by atoms with E-state index in [2.05, 4.69) is 23.9 Å². The van der Waals surface area contributed by atoms with Crippen LogP contribution in [0.1, 0.15) is 46.5 Å². The number of sulfonamides is 1. The van der Waals surface area contributed by atoms with Gasteiger partial charge in [-0.1, -0.05) is 57.0 Å². The van der Waals surface area contributed by atoms with Gasteiger partial charge in [-0.2, -0.15) is 0 Å². The van der Waals surface area contributed by atoms with Crippen LogP contribution in [0.2, 0.25) is 0 Å². The van der Waals surface area contributed by atoms with Gasteiger partial charge in [-0.3, -0.25) is 4.79 Å². The maximum Gasteiger partial charge on any atom is 0.240 e. The van der Waals surface area contributed by atoms with Crippen LogP contribution in [0, 0.1) is 5.92 Å². The van der Waals surface area contributed by atoms with E-state index in [4.69, 9.17) is 0 Å². The first-order valence-corrected chi connectivity index (χ1v) is 11.0. The van der Waals surface area contributed by atoms with Gasteiger partial charge in [0.1, 0.15) is 0 Å². The summed E-state index contributed by atoms with van der Waals surface area (Å²) in [5.41, 5.74) is 0. The lowest BCUT2D eigenvalue weighted by Crippen LogP contribution is -2.35. The highest BCUT2D eigenvalue weighted by molar-refractivity contribution is 7.89. The Bertz CT molecular complexity index is 863. The minimum atomic E-state index is -3.63. The molecule has 6 heteroatoms. The average molecular weight is 391 g/mol. The second-order valence-corrected chi connectivity index (χ2v) is 9.22. The minimum absolute atomic E-state index is 0.0830. The quantitative estimate of drug-likeness (QED) is 0.647. The molecule has 0 fully saturated rings. The van der Waals surface area contributed by atoms with Crippen molar-refractivity contribution < 1.29 is 13.2 Å². The number of rotatable bonds is 10. The van der Waals surface area contributed by atoms with Gasteiger partial charge in [0.2, 0.25) is 15.9 Å². The number of carbonyl (C=O) groups is 1. The van der Waals surface area contributed by atoms with E-state index in [9.17, 15) is 13.2 Å². The zero-order valence-corrected chi connectivity index (χ0v) is 17.2. The van der Waals surface area contributed by atoms with Crippen molar-refractivity contribution in [3.63, 3.8) is 0 Å². The van der Waals surface area contributed by atoms with Crippen molar-refractivity contribution in [2.24, 2.45) is 5.92 Å². The molecule has 0 spiro atoms. The summed E-state index contributed by atoms with van der Waals surface area (Å²) in [6, 6.07) is 12.7. The maximum absolute atomic E-state index is 12.4. The number of nitrogens with one attached hydrogen (secondary N) is 2. The van der Waals surface area contributed by atoms with Crippen molar-refractivity contribution in [3.05, 3.63) is 42.5 Å². The van der Waals surface area contributed by atoms with Crippen LogP contribution in [0.3, 0.4) is 0 Å². The van der Waals surface area contributed by atoms with E-state index in [-0.39, 0.29) is 29.8 Å². The predicted molar refractivity (Wildman–Crippen MR) is 110 cm³/mol. The van der Waals surface area contributed by atoms with Crippen molar-refractivity contribution in [2.45, 2.75) is 57.4 Å². The van der Waals surface area contributed by atoms with Crippen LogP contribution in [0.4, 0.5) is 0 Å². The van der Waals surface area contributed by atoms with E-state index >= 15 is 0 Å². The Balaban J connectivity index is 1.81. The molecule has 2 aromatic rings. The molecule has 0 aromatic heterocycles. The van der Waals surface area contributed by atoms with Gasteiger partial charge in [-0.05, 0) is 42.2 Å². The predicted octanol–water partition coefficient (Wildman–Crippen LogP) is 3.84. The Morgan fingerprint density at radius 3 is 2.41 bits per heavy atom. The molecule has 27 heavy (non-hydrogen) atoms. The van der Waals surface area contributed by atoms with E-state index in [1.807, 2.05) is 31.2 Å². The first-order chi connectivity index (χ1) is 12.8. The van der Waals surface area contributed by atoms with Crippen LogP contribution in [-0.2, 0) is 14.8 Å². The molecule has 1 atom stereocenters. The highest BCUT2D eigenvalue weighted by Crippen LogP contribution is 2.18. The molecule has 0 saturated carbocycles. The summed E-state index contributed by atoms with van der Waals surface area (Å²) in [5, 5.41) is 4.79. The van der Waals surface area contributed by atoms with Crippen molar-refractivity contribution in [1.82, 2.24) is 10.0 Å². The van der Waals surface area contributed by atoms with Gasteiger partial charge in [0, 0.05) is 19.0 Å². The summed E-state index contributed by atoms with van der Waals surface area (Å²) in [6.45, 7) is 6.44. The van der Waals surface area contributed by atoms with E-state index < -0.39 is 10.0 Å². The molecule has 0 bridgehead atoms. The number of fused-ring (bicyclic) bond motifs is 1. The molecule has 0 heterocycles. The molecule has 148 valence electrons. The van der Waals surface area contributed by atoms with Gasteiger partial charge < -0.3 is 5.32 Å². The minimum Gasteiger partial charge on any atom is -0.354 e. The van der Waals surface area contributed by atoms with Gasteiger partial charge in [-0.15, -0.1) is 0 Å². The van der Waals surface area contributed by atoms with E-state index in [0.29, 0.717) is 5.92 Å². The molecule has 0 saturated heterocycles. The number of amides is 1. The van der Waals surface area contributed by atoms with Gasteiger partial charge in [-0.25, -0.2) is 13.1 Å². The fraction of sp³-hybridized carbons (Fsp3) is 0.476. The standard InChI is InChI=1S/C21H30N2O3S/c1-16(2)7-6-8-17(3)23-21(24)13-14-22-27(25,26)20-12-11-18-9-4-5-10-19(18)15-20/h4-5,9-12,15-17,22H,6-8,13-14H2,1-3H3,(H,23,24)/t17-/m0/s1. The Hall–Kier alpha value is -1.92. The van der Waals surface area contributed by atoms with Crippen molar-refractivity contribution >= 4 is 26.7 Å². The summed E-state index contributed by atoms with van der Waals surface area (Å²) in [4.78, 5) is 12.2. The van der Waals surface area contributed by atoms with Crippen LogP contribution in [-0.4, -0.2) is 26.9 Å². The van der Waals surface area contributed by atoms with Gasteiger partial charge in [0.15, 0.2) is 0 Å². The van der Waals surface area contributed by atoms with Crippen LogP contribution in [0.25, 0.3) is 10.8 Å². The Labute approximate surface area is 162 Å². The molecule has 0 aliphatic heterocycles. The molecule has 1 amide bonds. The monoisotopic (exact) mass is 390 g/mol. The topological polar surface area (TPSA) is 75.3 Å². The Kier molecular flexibility index (Phi) is 7.80. The van der Waals surface area contributed by atoms with Crippen molar-refractivity contribution in [2.75, 3.05) is 6.54 Å². The van der Waals surface area contributed by atoms with Gasteiger partial charge in [0.25, 0.3) is 0 Å². The first-order valence-electron chi connectivity index (χ1n) is 9.56. The fourth-order valence-corrected chi connectivity index (χ4v) is 4.04. The van der Waals surface area contributed by atoms with Crippen LogP contribution >= 0.6 is 0 Å². The largest absolute Gasteiger partial charge is 0.354 e. The van der Waals surface area contributed by atoms with Gasteiger partial charge in [0.05, 0.1) is 4.90 Å². The highest BCUT2D eigenvalue weighted by atomic mass is 32.2. The molecule has 2 aromatic carbocycles. The second kappa shape index (κ2) is 9.85. The summed E-state index contributed by atoms with van der Waals surface area (Å²) in [6.07, 6.45) is 3.29. The summed E-state index contributed by atoms with van der Waals surface area (Å²) in [5.74, 6) is 0.533. The third kappa shape index (κ3) is 6.96. The van der Waals surface area contributed by atoms with Crippen molar-refractivity contribution in [1.29, 1.82) is 0 Å². The first kappa shape index (κ1) is 21.4. The number of carbonyl (C=O) groups excluding carboxylic acids is 1. The number of hydrogen-bond donors (Lipinski definition) is 2. The van der Waals surface area contributed by atoms with Crippen molar-refractivity contribution in [3.8, 4) is 0 Å². The van der Waals surface area contributed by atoms with Crippen LogP contribution < -0.4 is 10.0 Å². The van der Waals surface area contributed by atoms with Crippen LogP contribution in [0.15, 0.2) is 47.4 Å². The second-order valence-electron chi connectivity index (χ2n) is 7.45. The molecule has 0 aliphatic rings. The van der Waals surface area contributed by atoms with Crippen LogP contribution in [0.5, 0.6) is 0 Å². The maximum atomic E-state index is 12.4. The van der Waals surface area contributed by atoms with E-state index in [0.717, 1.165) is 30.0 Å². The molecule has 5 nitrogen and oxygen atoms in total. The molecule has 2 N–H and O–H groups in total. The summed E-state index contributed by atoms with van der Waals surface area (Å²) >= 11 is 0. The number of benzene rings is 2. The normalized spacial score (nSPS) is 13.0. The zero-order chi connectivity index (χ0) is 19.9. The fourth-order valence-electron chi connectivity index (χ4n) is 2.97. The average Bonchev–Trinajstić information content (AvgIpc) is 2.60. The molecule has 2 rings (SSSR count). The van der Waals surface area contributed by atoms with E-state index in [1.54, 1.807) is 18.2 Å². The Morgan fingerprint density at radius 2 is 1.70 bits per heavy atom. The molecule has 0 aliphatic carbocycles. The lowest BCUT2D eigenvalue weighted by Gasteiger charge is -2.14. The summed E-state index contributed by atoms with van der Waals surface area (Å²) < 4.78 is 27.4. The molecular formula is C21H30N2O3S. The SMILES string of the molecule is CC(C)CCC[C@H](C)NC(=O)CCNS(=O)(=O)c1ccc2ccccc2c1. The highest BCUT2D eigenvalue weighted by Gasteiger charge is 2.15. The summed E-state index contributed by atoms with van der Waals surface area (Å²) in [7, 11) is -3.63. The third-order valence-electron chi connectivity index (χ3n) is 4.50. The Morgan fingerprint density at radius 1 is 1.00 bits per heavy atom. The molecule has 0 radical (unpaired) electrons. The third-order valence-corrected chi connectivity index (χ3v) is 5.96. The molecular weight excluding hydrogens is 360 g/mol. The molecule has 0 unspecified atom stereocenters. The lowest BCUT2D eigenvalue weighted by atomic mass is 10.0. The lowest BCUT2D eigenvalue weighted by molar-refractivity contribution is -0.121. The zero-order valence-electron chi connectivity index (χ0n) is 16.4.